The van der Waals surface area contributed by atoms with Crippen LogP contribution in [0.15, 0.2) is 36.5 Å². The molecule has 8 nitrogen and oxygen atoms in total. The molecule has 8 heteroatoms. The number of H-pyrrole nitrogens is 1. The highest BCUT2D eigenvalue weighted by Gasteiger charge is 2.29. The van der Waals surface area contributed by atoms with Crippen LogP contribution in [0.1, 0.15) is 37.7 Å². The van der Waals surface area contributed by atoms with Gasteiger partial charge in [0.15, 0.2) is 0 Å². The number of para-hydroxylation sites is 1. The summed E-state index contributed by atoms with van der Waals surface area (Å²) < 4.78 is 0. The lowest BCUT2D eigenvalue weighted by atomic mass is 9.97. The van der Waals surface area contributed by atoms with E-state index in [0.717, 1.165) is 21.8 Å². The van der Waals surface area contributed by atoms with Crippen molar-refractivity contribution in [3.05, 3.63) is 42.2 Å². The van der Waals surface area contributed by atoms with Gasteiger partial charge in [-0.25, -0.2) is 4.98 Å². The van der Waals surface area contributed by atoms with Gasteiger partial charge in [-0.05, 0) is 25.0 Å². The van der Waals surface area contributed by atoms with Crippen LogP contribution in [0, 0.1) is 5.92 Å². The second-order valence-electron chi connectivity index (χ2n) is 7.19. The summed E-state index contributed by atoms with van der Waals surface area (Å²) in [7, 11) is 0. The molecule has 3 aromatic rings. The predicted molar refractivity (Wildman–Crippen MR) is 110 cm³/mol. The zero-order valence-corrected chi connectivity index (χ0v) is 16.5. The smallest absolute Gasteiger partial charge is 0.325 e. The third-order valence-corrected chi connectivity index (χ3v) is 5.13. The molecule has 1 aromatic carbocycles. The summed E-state index contributed by atoms with van der Waals surface area (Å²) in [5.41, 5.74) is 1.95. The van der Waals surface area contributed by atoms with Crippen molar-refractivity contribution in [1.29, 1.82) is 0 Å². The van der Waals surface area contributed by atoms with Gasteiger partial charge >= 0.3 is 5.97 Å². The van der Waals surface area contributed by atoms with E-state index in [-0.39, 0.29) is 11.6 Å². The summed E-state index contributed by atoms with van der Waals surface area (Å²) in [5.74, 6) is -2.34. The molecule has 2 amide bonds. The number of carbonyl (C=O) groups excluding carboxylic acids is 2. The lowest BCUT2D eigenvalue weighted by Crippen LogP contribution is -2.53. The van der Waals surface area contributed by atoms with Crippen LogP contribution in [0.4, 0.5) is 0 Å². The van der Waals surface area contributed by atoms with Crippen molar-refractivity contribution >= 4 is 39.6 Å². The van der Waals surface area contributed by atoms with E-state index in [4.69, 9.17) is 5.11 Å². The predicted octanol–water partition coefficient (Wildman–Crippen LogP) is 2.45. The van der Waals surface area contributed by atoms with Crippen molar-refractivity contribution in [2.24, 2.45) is 5.92 Å². The van der Waals surface area contributed by atoms with Crippen molar-refractivity contribution < 1.29 is 19.5 Å². The first kappa shape index (κ1) is 20.3. The number of rotatable bonds is 7. The van der Waals surface area contributed by atoms with Crippen molar-refractivity contribution in [3.63, 3.8) is 0 Å². The van der Waals surface area contributed by atoms with Crippen LogP contribution in [0.25, 0.3) is 21.8 Å². The monoisotopic (exact) mass is 396 g/mol. The Morgan fingerprint density at radius 3 is 2.52 bits per heavy atom. The summed E-state index contributed by atoms with van der Waals surface area (Å²) in [6.07, 6.45) is 2.23. The third-order valence-electron chi connectivity index (χ3n) is 5.13. The minimum atomic E-state index is -1.14. The fourth-order valence-corrected chi connectivity index (χ4v) is 3.16. The Labute approximate surface area is 167 Å². The van der Waals surface area contributed by atoms with Crippen molar-refractivity contribution in [1.82, 2.24) is 20.6 Å². The van der Waals surface area contributed by atoms with Crippen LogP contribution in [-0.2, 0) is 9.59 Å². The van der Waals surface area contributed by atoms with E-state index in [1.54, 1.807) is 12.3 Å². The molecule has 4 N–H and O–H groups in total. The number of hydrogen-bond acceptors (Lipinski definition) is 4. The van der Waals surface area contributed by atoms with Crippen LogP contribution in [0.2, 0.25) is 0 Å². The molecule has 0 fully saturated rings. The summed E-state index contributed by atoms with van der Waals surface area (Å²) in [6, 6.07) is 7.52. The Kier molecular flexibility index (Phi) is 5.81. The lowest BCUT2D eigenvalue weighted by molar-refractivity contribution is -0.141. The molecule has 29 heavy (non-hydrogen) atoms. The van der Waals surface area contributed by atoms with Gasteiger partial charge in [-0.2, -0.15) is 0 Å². The number of aromatic amines is 1. The van der Waals surface area contributed by atoms with Crippen LogP contribution in [0.3, 0.4) is 0 Å². The molecule has 3 atom stereocenters. The molecule has 0 aliphatic carbocycles. The Morgan fingerprint density at radius 1 is 1.10 bits per heavy atom. The number of aliphatic carboxylic acids is 1. The van der Waals surface area contributed by atoms with E-state index in [1.807, 2.05) is 38.1 Å². The summed E-state index contributed by atoms with van der Waals surface area (Å²) in [6.45, 7) is 5.10. The number of benzene rings is 1. The average Bonchev–Trinajstić information content (AvgIpc) is 3.08. The van der Waals surface area contributed by atoms with Gasteiger partial charge in [0.1, 0.15) is 17.8 Å². The second-order valence-corrected chi connectivity index (χ2v) is 7.19. The van der Waals surface area contributed by atoms with E-state index in [1.165, 1.54) is 6.92 Å². The van der Waals surface area contributed by atoms with Crippen molar-refractivity contribution in [2.75, 3.05) is 0 Å². The number of aromatic nitrogens is 2. The number of pyridine rings is 1. The highest BCUT2D eigenvalue weighted by molar-refractivity contribution is 6.09. The maximum absolute atomic E-state index is 12.8. The molecular formula is C21H24N4O4. The zero-order valence-electron chi connectivity index (χ0n) is 16.5. The van der Waals surface area contributed by atoms with E-state index < -0.39 is 29.9 Å². The molecule has 0 radical (unpaired) electrons. The maximum atomic E-state index is 12.8. The lowest BCUT2D eigenvalue weighted by Gasteiger charge is -2.24. The van der Waals surface area contributed by atoms with E-state index in [0.29, 0.717) is 6.42 Å². The van der Waals surface area contributed by atoms with Crippen LogP contribution < -0.4 is 10.6 Å². The van der Waals surface area contributed by atoms with Crippen LogP contribution in [-0.4, -0.2) is 44.9 Å². The van der Waals surface area contributed by atoms with Crippen LogP contribution in [0.5, 0.6) is 0 Å². The quantitative estimate of drug-likeness (QED) is 0.488. The van der Waals surface area contributed by atoms with Gasteiger partial charge in [0.25, 0.3) is 5.91 Å². The van der Waals surface area contributed by atoms with Gasteiger partial charge < -0.3 is 20.7 Å². The third kappa shape index (κ3) is 4.21. The minimum absolute atomic E-state index is 0.184. The van der Waals surface area contributed by atoms with Crippen LogP contribution >= 0.6 is 0 Å². The standard InChI is InChI=1S/C21H24N4O4/c1-4-11(2)18(20(27)23-12(3)21(28)29)25-19(26)16-9-14-13-7-5-6-8-15(13)24-17(14)10-22-16/h5-12,18,24H,4H2,1-3H3,(H,23,27)(H,25,26)(H,28,29). The fourth-order valence-electron chi connectivity index (χ4n) is 3.16. The minimum Gasteiger partial charge on any atom is -0.480 e. The number of nitrogens with one attached hydrogen (secondary N) is 3. The van der Waals surface area contributed by atoms with E-state index in [2.05, 4.69) is 20.6 Å². The van der Waals surface area contributed by atoms with Gasteiger partial charge in [0, 0.05) is 16.3 Å². The Morgan fingerprint density at radius 2 is 1.83 bits per heavy atom. The zero-order chi connectivity index (χ0) is 21.1. The molecule has 0 aliphatic rings. The number of carboxylic acid groups (broad SMARTS) is 1. The van der Waals surface area contributed by atoms with Gasteiger partial charge in [-0.1, -0.05) is 38.5 Å². The number of nitrogens with zero attached hydrogens (tertiary/aromatic N) is 1. The van der Waals surface area contributed by atoms with Gasteiger partial charge in [0.2, 0.25) is 5.91 Å². The first-order valence-electron chi connectivity index (χ1n) is 9.52. The Balaban J connectivity index is 1.86. The van der Waals surface area contributed by atoms with Gasteiger partial charge in [0.05, 0.1) is 11.7 Å². The number of amides is 2. The molecule has 3 unspecified atom stereocenters. The molecule has 0 spiro atoms. The molecule has 2 heterocycles. The Hall–Kier alpha value is -3.42. The largest absolute Gasteiger partial charge is 0.480 e. The number of fused-ring (bicyclic) bond motifs is 3. The van der Waals surface area contributed by atoms with Crippen molar-refractivity contribution in [2.45, 2.75) is 39.3 Å². The highest BCUT2D eigenvalue weighted by atomic mass is 16.4. The van der Waals surface area contributed by atoms with E-state index in [9.17, 15) is 14.4 Å². The molecule has 0 aliphatic heterocycles. The summed E-state index contributed by atoms with van der Waals surface area (Å²) >= 11 is 0. The number of carbonyl (C=O) groups is 3. The summed E-state index contributed by atoms with van der Waals surface area (Å²) in [5, 5.41) is 16.0. The molecule has 0 bridgehead atoms. The first-order valence-corrected chi connectivity index (χ1v) is 9.52. The molecule has 0 saturated heterocycles. The molecule has 2 aromatic heterocycles. The SMILES string of the molecule is CCC(C)C(NC(=O)c1cc2c(cn1)[nH]c1ccccc12)C(=O)NC(C)C(=O)O. The van der Waals surface area contributed by atoms with Crippen molar-refractivity contribution in [3.8, 4) is 0 Å². The van der Waals surface area contributed by atoms with Gasteiger partial charge in [-0.15, -0.1) is 0 Å². The first-order chi connectivity index (χ1) is 13.8. The molecule has 3 rings (SSSR count). The normalized spacial score (nSPS) is 14.3. The topological polar surface area (TPSA) is 124 Å². The number of carboxylic acids is 1. The Bertz CT molecular complexity index is 1070. The highest BCUT2D eigenvalue weighted by Crippen LogP contribution is 2.25. The van der Waals surface area contributed by atoms with Gasteiger partial charge in [-0.3, -0.25) is 14.4 Å². The molecule has 152 valence electrons. The number of hydrogen-bond donors (Lipinski definition) is 4. The second kappa shape index (κ2) is 8.30. The average molecular weight is 396 g/mol. The molecular weight excluding hydrogens is 372 g/mol. The molecule has 0 saturated carbocycles. The van der Waals surface area contributed by atoms with E-state index >= 15 is 0 Å². The summed E-state index contributed by atoms with van der Waals surface area (Å²) in [4.78, 5) is 43.9. The fraction of sp³-hybridized carbons (Fsp3) is 0.333. The maximum Gasteiger partial charge on any atom is 0.325 e.